The molecule has 0 aromatic carbocycles. The minimum absolute atomic E-state index is 0.0266. The van der Waals surface area contributed by atoms with E-state index in [4.69, 9.17) is 19.3 Å². The van der Waals surface area contributed by atoms with E-state index >= 15 is 0 Å². The van der Waals surface area contributed by atoms with Gasteiger partial charge in [-0.15, -0.1) is 0 Å². The van der Waals surface area contributed by atoms with Gasteiger partial charge >= 0.3 is 0 Å². The van der Waals surface area contributed by atoms with Gasteiger partial charge in [-0.3, -0.25) is 0 Å². The molecule has 0 radical (unpaired) electrons. The first-order chi connectivity index (χ1) is 10.7. The average molecular weight is 303 g/mol. The molecule has 0 saturated heterocycles. The van der Waals surface area contributed by atoms with E-state index in [0.29, 0.717) is 18.4 Å². The Morgan fingerprint density at radius 1 is 1.32 bits per heavy atom. The lowest BCUT2D eigenvalue weighted by Gasteiger charge is -2.33. The first-order valence-electron chi connectivity index (χ1n) is 7.66. The molecule has 0 amide bonds. The van der Waals surface area contributed by atoms with Gasteiger partial charge in [-0.1, -0.05) is 5.92 Å². The van der Waals surface area contributed by atoms with Crippen molar-refractivity contribution in [2.75, 3.05) is 20.3 Å². The molecule has 1 aromatic rings. The van der Waals surface area contributed by atoms with E-state index in [-0.39, 0.29) is 18.3 Å². The van der Waals surface area contributed by atoms with Gasteiger partial charge in [-0.2, -0.15) is 0 Å². The lowest BCUT2D eigenvalue weighted by Crippen LogP contribution is -2.38. The van der Waals surface area contributed by atoms with Crippen molar-refractivity contribution in [1.29, 1.82) is 0 Å². The van der Waals surface area contributed by atoms with Crippen LogP contribution in [0.2, 0.25) is 0 Å². The van der Waals surface area contributed by atoms with Gasteiger partial charge < -0.3 is 19.3 Å². The molecule has 2 fully saturated rings. The van der Waals surface area contributed by atoms with E-state index in [2.05, 4.69) is 16.8 Å². The smallest absolute Gasteiger partial charge is 0.138 e. The van der Waals surface area contributed by atoms with Crippen LogP contribution in [0.25, 0.3) is 0 Å². The van der Waals surface area contributed by atoms with Crippen LogP contribution in [0.5, 0.6) is 5.75 Å². The molecule has 2 aliphatic rings. The number of pyridine rings is 1. The number of methoxy groups -OCH3 is 1. The van der Waals surface area contributed by atoms with Crippen LogP contribution in [-0.4, -0.2) is 48.2 Å². The standard InChI is InChI=1S/C17H21NO4/c1-20-15-10-16(11-15)22-14-3-2-13(18-12-14)4-5-17(6-7-17)21-9-8-19/h2-3,12,15-16,19H,6-11H2,1H3. The van der Waals surface area contributed by atoms with Crippen LogP contribution >= 0.6 is 0 Å². The Kier molecular flexibility index (Phi) is 4.63. The Labute approximate surface area is 130 Å². The third-order valence-corrected chi connectivity index (χ3v) is 4.02. The number of hydrogen-bond acceptors (Lipinski definition) is 5. The van der Waals surface area contributed by atoms with Crippen LogP contribution in [0.15, 0.2) is 18.3 Å². The van der Waals surface area contributed by atoms with Crippen LogP contribution in [0.1, 0.15) is 31.4 Å². The number of rotatable bonds is 6. The predicted octanol–water partition coefficient (Wildman–Crippen LogP) is 1.53. The average Bonchev–Trinajstić information content (AvgIpc) is 3.28. The summed E-state index contributed by atoms with van der Waals surface area (Å²) in [7, 11) is 1.73. The molecule has 2 aliphatic carbocycles. The molecule has 0 aliphatic heterocycles. The fourth-order valence-electron chi connectivity index (χ4n) is 2.36. The minimum Gasteiger partial charge on any atom is -0.489 e. The summed E-state index contributed by atoms with van der Waals surface area (Å²) in [6.07, 6.45) is 5.97. The molecule has 0 unspecified atom stereocenters. The van der Waals surface area contributed by atoms with Crippen LogP contribution in [0, 0.1) is 11.8 Å². The molecule has 1 N–H and O–H groups in total. The van der Waals surface area contributed by atoms with E-state index in [0.717, 1.165) is 31.4 Å². The van der Waals surface area contributed by atoms with Crippen LogP contribution < -0.4 is 4.74 Å². The first-order valence-corrected chi connectivity index (χ1v) is 7.66. The van der Waals surface area contributed by atoms with Crippen molar-refractivity contribution in [2.45, 2.75) is 43.5 Å². The van der Waals surface area contributed by atoms with Crippen molar-refractivity contribution < 1.29 is 19.3 Å². The van der Waals surface area contributed by atoms with Gasteiger partial charge in [-0.25, -0.2) is 4.98 Å². The number of aliphatic hydroxyl groups is 1. The lowest BCUT2D eigenvalue weighted by molar-refractivity contribution is -0.0382. The second-order valence-electron chi connectivity index (χ2n) is 5.76. The molecule has 0 spiro atoms. The van der Waals surface area contributed by atoms with E-state index < -0.39 is 0 Å². The Bertz CT molecular complexity index is 550. The summed E-state index contributed by atoms with van der Waals surface area (Å²) in [5.74, 6) is 6.92. The van der Waals surface area contributed by atoms with Crippen molar-refractivity contribution in [2.24, 2.45) is 0 Å². The summed E-state index contributed by atoms with van der Waals surface area (Å²) in [5, 5.41) is 8.80. The van der Waals surface area contributed by atoms with Crippen LogP contribution in [0.4, 0.5) is 0 Å². The predicted molar refractivity (Wildman–Crippen MR) is 80.6 cm³/mol. The van der Waals surface area contributed by atoms with Crippen molar-refractivity contribution in [3.05, 3.63) is 24.0 Å². The molecule has 0 bridgehead atoms. The zero-order valence-corrected chi connectivity index (χ0v) is 12.7. The maximum atomic E-state index is 8.80. The van der Waals surface area contributed by atoms with E-state index in [1.54, 1.807) is 13.3 Å². The Hall–Kier alpha value is -1.61. The lowest BCUT2D eigenvalue weighted by atomic mass is 9.92. The van der Waals surface area contributed by atoms with E-state index in [1.807, 2.05) is 12.1 Å². The van der Waals surface area contributed by atoms with Crippen molar-refractivity contribution in [3.63, 3.8) is 0 Å². The monoisotopic (exact) mass is 303 g/mol. The largest absolute Gasteiger partial charge is 0.489 e. The molecule has 5 heteroatoms. The summed E-state index contributed by atoms with van der Waals surface area (Å²) in [4.78, 5) is 4.31. The molecule has 1 heterocycles. The highest BCUT2D eigenvalue weighted by Gasteiger charge is 2.42. The van der Waals surface area contributed by atoms with E-state index in [1.165, 1.54) is 0 Å². The Balaban J connectivity index is 1.52. The first kappa shape index (κ1) is 15.3. The topological polar surface area (TPSA) is 60.8 Å². The summed E-state index contributed by atoms with van der Waals surface area (Å²) < 4.78 is 16.6. The fourth-order valence-corrected chi connectivity index (χ4v) is 2.36. The maximum Gasteiger partial charge on any atom is 0.138 e. The van der Waals surface area contributed by atoms with Crippen LogP contribution in [0.3, 0.4) is 0 Å². The summed E-state index contributed by atoms with van der Waals surface area (Å²) in [6.45, 7) is 0.359. The van der Waals surface area contributed by atoms with Gasteiger partial charge in [0, 0.05) is 20.0 Å². The molecule has 1 aromatic heterocycles. The van der Waals surface area contributed by atoms with Gasteiger partial charge in [-0.05, 0) is 30.9 Å². The zero-order valence-electron chi connectivity index (χ0n) is 12.7. The highest BCUT2D eigenvalue weighted by atomic mass is 16.5. The van der Waals surface area contributed by atoms with Crippen LogP contribution in [-0.2, 0) is 9.47 Å². The molecule has 2 saturated carbocycles. The molecular formula is C17H21NO4. The van der Waals surface area contributed by atoms with Gasteiger partial charge in [0.2, 0.25) is 0 Å². The molecule has 3 rings (SSSR count). The second kappa shape index (κ2) is 6.66. The molecule has 5 nitrogen and oxygen atoms in total. The van der Waals surface area contributed by atoms with Gasteiger partial charge in [0.15, 0.2) is 0 Å². The van der Waals surface area contributed by atoms with E-state index in [9.17, 15) is 0 Å². The second-order valence-corrected chi connectivity index (χ2v) is 5.76. The SMILES string of the molecule is COC1CC(Oc2ccc(C#CC3(OCCO)CC3)nc2)C1. The highest BCUT2D eigenvalue weighted by Crippen LogP contribution is 2.38. The normalized spacial score (nSPS) is 24.8. The Morgan fingerprint density at radius 2 is 2.14 bits per heavy atom. The highest BCUT2D eigenvalue weighted by molar-refractivity contribution is 5.35. The maximum absolute atomic E-state index is 8.80. The minimum atomic E-state index is -0.360. The molecule has 22 heavy (non-hydrogen) atoms. The molecule has 0 atom stereocenters. The number of ether oxygens (including phenoxy) is 3. The van der Waals surface area contributed by atoms with Gasteiger partial charge in [0.1, 0.15) is 23.1 Å². The Morgan fingerprint density at radius 3 is 2.73 bits per heavy atom. The zero-order chi connectivity index (χ0) is 15.4. The summed E-state index contributed by atoms with van der Waals surface area (Å²) in [5.41, 5.74) is 0.343. The van der Waals surface area contributed by atoms with Gasteiger partial charge in [0.05, 0.1) is 25.5 Å². The number of hydrogen-bond donors (Lipinski definition) is 1. The number of nitrogens with zero attached hydrogens (tertiary/aromatic N) is 1. The summed E-state index contributed by atoms with van der Waals surface area (Å²) >= 11 is 0. The third-order valence-electron chi connectivity index (χ3n) is 4.02. The quantitative estimate of drug-likeness (QED) is 0.808. The van der Waals surface area contributed by atoms with Crippen molar-refractivity contribution in [3.8, 4) is 17.6 Å². The van der Waals surface area contributed by atoms with Gasteiger partial charge in [0.25, 0.3) is 0 Å². The summed E-state index contributed by atoms with van der Waals surface area (Å²) in [6, 6.07) is 3.75. The third kappa shape index (κ3) is 3.77. The van der Waals surface area contributed by atoms with Crippen molar-refractivity contribution in [1.82, 2.24) is 4.98 Å². The van der Waals surface area contributed by atoms with Crippen molar-refractivity contribution >= 4 is 0 Å². The number of aromatic nitrogens is 1. The molecular weight excluding hydrogens is 282 g/mol. The number of aliphatic hydroxyl groups excluding tert-OH is 1. The fraction of sp³-hybridized carbons (Fsp3) is 0.588. The molecule has 118 valence electrons.